The molecule has 2 aromatic carbocycles. The van der Waals surface area contributed by atoms with Crippen LogP contribution < -0.4 is 9.47 Å². The van der Waals surface area contributed by atoms with Crippen molar-refractivity contribution >= 4 is 11.4 Å². The fraction of sp³-hybridized carbons (Fsp3) is 0.188. The highest BCUT2D eigenvalue weighted by Crippen LogP contribution is 2.32. The number of oxime groups is 1. The molecule has 0 N–H and O–H groups in total. The van der Waals surface area contributed by atoms with Crippen molar-refractivity contribution in [1.29, 1.82) is 0 Å². The summed E-state index contributed by atoms with van der Waals surface area (Å²) in [5.41, 5.74) is 2.95. The molecule has 0 aromatic heterocycles. The lowest BCUT2D eigenvalue weighted by atomic mass is 10.1. The molecule has 1 aliphatic rings. The van der Waals surface area contributed by atoms with Gasteiger partial charge < -0.3 is 14.3 Å². The van der Waals surface area contributed by atoms with Gasteiger partial charge in [0.05, 0.1) is 5.71 Å². The molecular formula is C16H14N2O4. The molecule has 0 aliphatic carbocycles. The summed E-state index contributed by atoms with van der Waals surface area (Å²) in [6, 6.07) is 12.5. The van der Waals surface area contributed by atoms with Crippen molar-refractivity contribution in [3.05, 3.63) is 58.5 Å². The summed E-state index contributed by atoms with van der Waals surface area (Å²) in [7, 11) is 0. The van der Waals surface area contributed by atoms with E-state index in [1.165, 1.54) is 0 Å². The number of hydrogen-bond acceptors (Lipinski definition) is 6. The van der Waals surface area contributed by atoms with Gasteiger partial charge in [-0.25, -0.2) is 0 Å². The van der Waals surface area contributed by atoms with Crippen LogP contribution in [0, 0.1) is 4.91 Å². The Kier molecular flexibility index (Phi) is 4.00. The molecule has 0 spiro atoms. The maximum atomic E-state index is 10.3. The normalized spacial score (nSPS) is 13.0. The Morgan fingerprint density at radius 3 is 2.68 bits per heavy atom. The number of nitroso groups, excluding NO2 is 1. The largest absolute Gasteiger partial charge is 0.454 e. The maximum Gasteiger partial charge on any atom is 0.231 e. The average molecular weight is 298 g/mol. The molecular weight excluding hydrogens is 284 g/mol. The predicted molar refractivity (Wildman–Crippen MR) is 81.5 cm³/mol. The van der Waals surface area contributed by atoms with E-state index >= 15 is 0 Å². The van der Waals surface area contributed by atoms with Crippen LogP contribution in [0.5, 0.6) is 11.5 Å². The van der Waals surface area contributed by atoms with Crippen LogP contribution in [0.4, 0.5) is 5.69 Å². The fourth-order valence-corrected chi connectivity index (χ4v) is 2.03. The Labute approximate surface area is 127 Å². The van der Waals surface area contributed by atoms with E-state index in [1.54, 1.807) is 24.3 Å². The summed E-state index contributed by atoms with van der Waals surface area (Å²) >= 11 is 0. The minimum absolute atomic E-state index is 0.247. The molecule has 2 aromatic rings. The number of rotatable bonds is 5. The van der Waals surface area contributed by atoms with Gasteiger partial charge >= 0.3 is 0 Å². The summed E-state index contributed by atoms with van der Waals surface area (Å²) in [5.74, 6) is 1.45. The summed E-state index contributed by atoms with van der Waals surface area (Å²) in [6.45, 7) is 2.43. The van der Waals surface area contributed by atoms with Gasteiger partial charge in [0, 0.05) is 5.56 Å². The third kappa shape index (κ3) is 3.06. The second kappa shape index (κ2) is 6.26. The Morgan fingerprint density at radius 1 is 1.14 bits per heavy atom. The van der Waals surface area contributed by atoms with Crippen molar-refractivity contribution < 1.29 is 14.3 Å². The van der Waals surface area contributed by atoms with E-state index in [0.717, 1.165) is 22.6 Å². The molecule has 0 bridgehead atoms. The Hall–Kier alpha value is -2.89. The van der Waals surface area contributed by atoms with Crippen LogP contribution in [0.25, 0.3) is 0 Å². The van der Waals surface area contributed by atoms with E-state index in [2.05, 4.69) is 10.3 Å². The van der Waals surface area contributed by atoms with Gasteiger partial charge in [0.15, 0.2) is 11.5 Å². The Morgan fingerprint density at radius 2 is 1.91 bits per heavy atom. The molecule has 0 saturated carbocycles. The van der Waals surface area contributed by atoms with Crippen molar-refractivity contribution in [2.24, 2.45) is 10.3 Å². The monoisotopic (exact) mass is 298 g/mol. The van der Waals surface area contributed by atoms with Crippen molar-refractivity contribution in [2.75, 3.05) is 6.79 Å². The first kappa shape index (κ1) is 14.1. The zero-order chi connectivity index (χ0) is 15.4. The molecule has 1 aliphatic heterocycles. The van der Waals surface area contributed by atoms with Crippen LogP contribution in [0.1, 0.15) is 18.1 Å². The smallest absolute Gasteiger partial charge is 0.231 e. The lowest BCUT2D eigenvalue weighted by Gasteiger charge is -2.04. The van der Waals surface area contributed by atoms with Crippen LogP contribution in [0.3, 0.4) is 0 Å². The van der Waals surface area contributed by atoms with Crippen molar-refractivity contribution in [1.82, 2.24) is 0 Å². The number of ether oxygens (including phenoxy) is 2. The lowest BCUT2D eigenvalue weighted by Crippen LogP contribution is -1.97. The maximum absolute atomic E-state index is 10.3. The summed E-state index contributed by atoms with van der Waals surface area (Å²) in [5, 5.41) is 6.94. The summed E-state index contributed by atoms with van der Waals surface area (Å²) in [4.78, 5) is 15.7. The standard InChI is InChI=1S/C16H14N2O4/c1-11(13-4-7-15-16(8-13)21-10-20-15)18-22-9-12-2-5-14(17-19)6-3-12/h2-8H,9-10H2,1H3/b18-11+. The van der Waals surface area contributed by atoms with Gasteiger partial charge in [-0.1, -0.05) is 17.3 Å². The molecule has 3 rings (SSSR count). The molecule has 6 nitrogen and oxygen atoms in total. The zero-order valence-corrected chi connectivity index (χ0v) is 12.0. The van der Waals surface area contributed by atoms with E-state index in [9.17, 15) is 4.91 Å². The van der Waals surface area contributed by atoms with E-state index in [1.807, 2.05) is 25.1 Å². The SMILES string of the molecule is C/C(=N\OCc1ccc(N=O)cc1)c1ccc2c(c1)OCO2. The van der Waals surface area contributed by atoms with Crippen molar-refractivity contribution in [2.45, 2.75) is 13.5 Å². The minimum atomic E-state index is 0.247. The molecule has 0 saturated heterocycles. The zero-order valence-electron chi connectivity index (χ0n) is 12.0. The van der Waals surface area contributed by atoms with E-state index in [-0.39, 0.29) is 6.79 Å². The van der Waals surface area contributed by atoms with Gasteiger partial charge in [0.2, 0.25) is 6.79 Å². The molecule has 0 unspecified atom stereocenters. The number of hydrogen-bond donors (Lipinski definition) is 0. The topological polar surface area (TPSA) is 69.5 Å². The first-order chi connectivity index (χ1) is 10.8. The first-order valence-corrected chi connectivity index (χ1v) is 6.75. The first-order valence-electron chi connectivity index (χ1n) is 6.75. The average Bonchev–Trinajstić information content (AvgIpc) is 3.03. The second-order valence-corrected chi connectivity index (χ2v) is 4.78. The molecule has 0 atom stereocenters. The highest BCUT2D eigenvalue weighted by Gasteiger charge is 2.14. The number of fused-ring (bicyclic) bond motifs is 1. The summed E-state index contributed by atoms with van der Waals surface area (Å²) < 4.78 is 10.6. The van der Waals surface area contributed by atoms with Gasteiger partial charge in [-0.2, -0.15) is 0 Å². The van der Waals surface area contributed by atoms with Crippen molar-refractivity contribution in [3.63, 3.8) is 0 Å². The van der Waals surface area contributed by atoms with Crippen LogP contribution in [-0.4, -0.2) is 12.5 Å². The highest BCUT2D eigenvalue weighted by atomic mass is 16.7. The lowest BCUT2D eigenvalue weighted by molar-refractivity contribution is 0.130. The molecule has 0 amide bonds. The number of benzene rings is 2. The van der Waals surface area contributed by atoms with Gasteiger partial charge in [-0.3, -0.25) is 0 Å². The van der Waals surface area contributed by atoms with Crippen LogP contribution >= 0.6 is 0 Å². The quantitative estimate of drug-likeness (QED) is 0.479. The molecule has 6 heteroatoms. The highest BCUT2D eigenvalue weighted by molar-refractivity contribution is 5.98. The Balaban J connectivity index is 1.63. The fourth-order valence-electron chi connectivity index (χ4n) is 2.03. The van der Waals surface area contributed by atoms with Gasteiger partial charge in [-0.05, 0) is 48.0 Å². The minimum Gasteiger partial charge on any atom is -0.454 e. The van der Waals surface area contributed by atoms with Crippen LogP contribution in [0.15, 0.2) is 52.8 Å². The molecule has 1 heterocycles. The molecule has 112 valence electrons. The molecule has 22 heavy (non-hydrogen) atoms. The third-order valence-corrected chi connectivity index (χ3v) is 3.26. The summed E-state index contributed by atoms with van der Waals surface area (Å²) in [6.07, 6.45) is 0. The molecule has 0 radical (unpaired) electrons. The predicted octanol–water partition coefficient (Wildman–Crippen LogP) is 3.75. The third-order valence-electron chi connectivity index (χ3n) is 3.26. The van der Waals surface area contributed by atoms with E-state index in [0.29, 0.717) is 18.0 Å². The van der Waals surface area contributed by atoms with E-state index in [4.69, 9.17) is 14.3 Å². The second-order valence-electron chi connectivity index (χ2n) is 4.78. The van der Waals surface area contributed by atoms with Crippen LogP contribution in [0.2, 0.25) is 0 Å². The number of nitrogens with zero attached hydrogens (tertiary/aromatic N) is 2. The van der Waals surface area contributed by atoms with Gasteiger partial charge in [0.1, 0.15) is 12.3 Å². The Bertz CT molecular complexity index is 711. The van der Waals surface area contributed by atoms with E-state index < -0.39 is 0 Å². The van der Waals surface area contributed by atoms with Gasteiger partial charge in [-0.15, -0.1) is 4.91 Å². The molecule has 0 fully saturated rings. The van der Waals surface area contributed by atoms with Gasteiger partial charge in [0.25, 0.3) is 0 Å². The van der Waals surface area contributed by atoms with Crippen LogP contribution in [-0.2, 0) is 11.4 Å². The van der Waals surface area contributed by atoms with Crippen molar-refractivity contribution in [3.8, 4) is 11.5 Å².